The average Bonchev–Trinajstić information content (AvgIpc) is 2.28. The van der Waals surface area contributed by atoms with Crippen LogP contribution in [-0.2, 0) is 4.74 Å². The Kier molecular flexibility index (Phi) is 3.60. The number of hydrogen-bond donors (Lipinski definition) is 0. The standard InChI is InChI=1S/C13H16N2O2/c1-9-5-12(6-10(2)16-9)17-13-7-11(8-14)3-4-15-13/h3-4,7,9-10,12H,5-6H2,1-2H3. The molecule has 17 heavy (non-hydrogen) atoms. The average molecular weight is 232 g/mol. The Morgan fingerprint density at radius 1 is 1.41 bits per heavy atom. The minimum absolute atomic E-state index is 0.121. The van der Waals surface area contributed by atoms with Gasteiger partial charge >= 0.3 is 0 Å². The molecule has 2 unspecified atom stereocenters. The van der Waals surface area contributed by atoms with Crippen LogP contribution < -0.4 is 4.74 Å². The number of nitriles is 1. The van der Waals surface area contributed by atoms with Gasteiger partial charge < -0.3 is 9.47 Å². The molecular formula is C13H16N2O2. The number of rotatable bonds is 2. The van der Waals surface area contributed by atoms with Crippen LogP contribution in [0.5, 0.6) is 5.88 Å². The van der Waals surface area contributed by atoms with E-state index < -0.39 is 0 Å². The first-order valence-corrected chi connectivity index (χ1v) is 5.85. The Morgan fingerprint density at radius 3 is 2.76 bits per heavy atom. The lowest BCUT2D eigenvalue weighted by Crippen LogP contribution is -2.35. The van der Waals surface area contributed by atoms with Crippen LogP contribution in [0.1, 0.15) is 32.3 Å². The van der Waals surface area contributed by atoms with E-state index in [1.54, 1.807) is 18.3 Å². The predicted octanol–water partition coefficient (Wildman–Crippen LogP) is 2.29. The number of hydrogen-bond acceptors (Lipinski definition) is 4. The first-order valence-electron chi connectivity index (χ1n) is 5.85. The van der Waals surface area contributed by atoms with Crippen molar-refractivity contribution in [2.45, 2.75) is 45.0 Å². The van der Waals surface area contributed by atoms with Crippen molar-refractivity contribution in [3.8, 4) is 11.9 Å². The summed E-state index contributed by atoms with van der Waals surface area (Å²) in [5.41, 5.74) is 0.572. The molecule has 0 aromatic carbocycles. The number of ether oxygens (including phenoxy) is 2. The van der Waals surface area contributed by atoms with Crippen molar-refractivity contribution in [1.29, 1.82) is 5.26 Å². The molecule has 1 aliphatic heterocycles. The number of nitrogens with zero attached hydrogens (tertiary/aromatic N) is 2. The lowest BCUT2D eigenvalue weighted by Gasteiger charge is -2.31. The van der Waals surface area contributed by atoms with Gasteiger partial charge in [0.25, 0.3) is 0 Å². The molecule has 0 amide bonds. The largest absolute Gasteiger partial charge is 0.474 e. The molecule has 2 heterocycles. The van der Waals surface area contributed by atoms with E-state index >= 15 is 0 Å². The molecule has 1 saturated heterocycles. The fraction of sp³-hybridized carbons (Fsp3) is 0.538. The molecule has 0 saturated carbocycles. The second-order valence-electron chi connectivity index (χ2n) is 4.46. The summed E-state index contributed by atoms with van der Waals surface area (Å²) >= 11 is 0. The van der Waals surface area contributed by atoms with Gasteiger partial charge in [-0.05, 0) is 19.9 Å². The van der Waals surface area contributed by atoms with Gasteiger partial charge in [0, 0.05) is 25.1 Å². The molecule has 1 aromatic rings. The van der Waals surface area contributed by atoms with Crippen molar-refractivity contribution in [1.82, 2.24) is 4.98 Å². The molecule has 0 radical (unpaired) electrons. The Labute approximate surface area is 101 Å². The zero-order chi connectivity index (χ0) is 12.3. The van der Waals surface area contributed by atoms with Gasteiger partial charge in [-0.3, -0.25) is 0 Å². The van der Waals surface area contributed by atoms with Crippen molar-refractivity contribution in [3.05, 3.63) is 23.9 Å². The van der Waals surface area contributed by atoms with Crippen LogP contribution in [0.4, 0.5) is 0 Å². The third-order valence-corrected chi connectivity index (χ3v) is 2.81. The van der Waals surface area contributed by atoms with E-state index in [9.17, 15) is 0 Å². The Bertz CT molecular complexity index is 418. The third-order valence-electron chi connectivity index (χ3n) is 2.81. The van der Waals surface area contributed by atoms with Gasteiger partial charge in [0.1, 0.15) is 6.10 Å². The summed E-state index contributed by atoms with van der Waals surface area (Å²) in [5.74, 6) is 0.523. The lowest BCUT2D eigenvalue weighted by atomic mass is 10.0. The molecule has 2 rings (SSSR count). The zero-order valence-corrected chi connectivity index (χ0v) is 10.1. The van der Waals surface area contributed by atoms with E-state index in [0.29, 0.717) is 11.4 Å². The maximum atomic E-state index is 8.80. The molecule has 90 valence electrons. The first-order chi connectivity index (χ1) is 8.17. The highest BCUT2D eigenvalue weighted by molar-refractivity contribution is 5.31. The Balaban J connectivity index is 2.02. The quantitative estimate of drug-likeness (QED) is 0.785. The van der Waals surface area contributed by atoms with Gasteiger partial charge in [-0.1, -0.05) is 0 Å². The van der Waals surface area contributed by atoms with Crippen LogP contribution in [0, 0.1) is 11.3 Å². The van der Waals surface area contributed by atoms with Crippen molar-refractivity contribution in [3.63, 3.8) is 0 Å². The summed E-state index contributed by atoms with van der Waals surface area (Å²) in [4.78, 5) is 4.12. The predicted molar refractivity (Wildman–Crippen MR) is 62.6 cm³/mol. The summed E-state index contributed by atoms with van der Waals surface area (Å²) in [7, 11) is 0. The molecule has 2 atom stereocenters. The van der Waals surface area contributed by atoms with Crippen LogP contribution in [0.2, 0.25) is 0 Å². The second kappa shape index (κ2) is 5.15. The SMILES string of the molecule is CC1CC(Oc2cc(C#N)ccn2)CC(C)O1. The van der Waals surface area contributed by atoms with Crippen LogP contribution in [0.15, 0.2) is 18.3 Å². The van der Waals surface area contributed by atoms with E-state index in [1.165, 1.54) is 0 Å². The molecule has 4 nitrogen and oxygen atoms in total. The number of aromatic nitrogens is 1. The van der Waals surface area contributed by atoms with E-state index in [1.807, 2.05) is 13.8 Å². The first kappa shape index (κ1) is 11.9. The van der Waals surface area contributed by atoms with Crippen LogP contribution in [-0.4, -0.2) is 23.3 Å². The highest BCUT2D eigenvalue weighted by Crippen LogP contribution is 2.23. The highest BCUT2D eigenvalue weighted by atomic mass is 16.5. The molecule has 0 bridgehead atoms. The third kappa shape index (κ3) is 3.18. The van der Waals surface area contributed by atoms with E-state index in [0.717, 1.165) is 12.8 Å². The molecule has 1 aliphatic rings. The summed E-state index contributed by atoms with van der Waals surface area (Å²) in [5, 5.41) is 8.80. The van der Waals surface area contributed by atoms with Crippen LogP contribution >= 0.6 is 0 Å². The minimum atomic E-state index is 0.121. The smallest absolute Gasteiger partial charge is 0.214 e. The Morgan fingerprint density at radius 2 is 2.12 bits per heavy atom. The van der Waals surface area contributed by atoms with E-state index in [2.05, 4.69) is 11.1 Å². The fourth-order valence-corrected chi connectivity index (χ4v) is 2.15. The molecule has 0 spiro atoms. The maximum absolute atomic E-state index is 8.80. The monoisotopic (exact) mass is 232 g/mol. The lowest BCUT2D eigenvalue weighted by molar-refractivity contribution is -0.0729. The van der Waals surface area contributed by atoms with E-state index in [-0.39, 0.29) is 18.3 Å². The zero-order valence-electron chi connectivity index (χ0n) is 10.1. The van der Waals surface area contributed by atoms with Crippen molar-refractivity contribution >= 4 is 0 Å². The Hall–Kier alpha value is -1.60. The second-order valence-corrected chi connectivity index (χ2v) is 4.46. The molecular weight excluding hydrogens is 216 g/mol. The van der Waals surface area contributed by atoms with Gasteiger partial charge in [-0.25, -0.2) is 4.98 Å². The summed E-state index contributed by atoms with van der Waals surface area (Å²) < 4.78 is 11.4. The molecule has 1 aromatic heterocycles. The van der Waals surface area contributed by atoms with Gasteiger partial charge in [0.2, 0.25) is 5.88 Å². The van der Waals surface area contributed by atoms with Gasteiger partial charge in [-0.15, -0.1) is 0 Å². The molecule has 1 fully saturated rings. The molecule has 0 aliphatic carbocycles. The van der Waals surface area contributed by atoms with E-state index in [4.69, 9.17) is 14.7 Å². The van der Waals surface area contributed by atoms with Crippen molar-refractivity contribution in [2.24, 2.45) is 0 Å². The summed E-state index contributed by atoms with van der Waals surface area (Å²) in [6, 6.07) is 5.42. The maximum Gasteiger partial charge on any atom is 0.214 e. The van der Waals surface area contributed by atoms with Crippen LogP contribution in [0.25, 0.3) is 0 Å². The van der Waals surface area contributed by atoms with Gasteiger partial charge in [0.05, 0.1) is 23.8 Å². The highest BCUT2D eigenvalue weighted by Gasteiger charge is 2.26. The minimum Gasteiger partial charge on any atom is -0.474 e. The topological polar surface area (TPSA) is 55.1 Å². The summed E-state index contributed by atoms with van der Waals surface area (Å²) in [6.45, 7) is 4.09. The summed E-state index contributed by atoms with van der Waals surface area (Å²) in [6.07, 6.45) is 3.87. The fourth-order valence-electron chi connectivity index (χ4n) is 2.15. The van der Waals surface area contributed by atoms with Crippen LogP contribution in [0.3, 0.4) is 0 Å². The van der Waals surface area contributed by atoms with Gasteiger partial charge in [0.15, 0.2) is 0 Å². The van der Waals surface area contributed by atoms with Crippen molar-refractivity contribution in [2.75, 3.05) is 0 Å². The number of pyridine rings is 1. The van der Waals surface area contributed by atoms with Gasteiger partial charge in [-0.2, -0.15) is 5.26 Å². The molecule has 4 heteroatoms. The van der Waals surface area contributed by atoms with Crippen molar-refractivity contribution < 1.29 is 9.47 Å². The normalized spacial score (nSPS) is 28.4. The molecule has 0 N–H and O–H groups in total.